The van der Waals surface area contributed by atoms with Gasteiger partial charge in [0, 0.05) is 51.3 Å². The van der Waals surface area contributed by atoms with Crippen molar-refractivity contribution in [3.8, 4) is 0 Å². The molecule has 4 rings (SSSR count). The molecule has 1 saturated heterocycles. The molecular weight excluding hydrogens is 376 g/mol. The molecule has 0 radical (unpaired) electrons. The van der Waals surface area contributed by atoms with E-state index in [4.69, 9.17) is 0 Å². The summed E-state index contributed by atoms with van der Waals surface area (Å²) in [5, 5.41) is 5.82. The zero-order valence-corrected chi connectivity index (χ0v) is 17.1. The van der Waals surface area contributed by atoms with E-state index in [2.05, 4.69) is 37.6 Å². The summed E-state index contributed by atoms with van der Waals surface area (Å²) >= 11 is 0. The third-order valence-electron chi connectivity index (χ3n) is 5.31. The van der Waals surface area contributed by atoms with Gasteiger partial charge in [-0.2, -0.15) is 0 Å². The number of rotatable bonds is 7. The second-order valence-corrected chi connectivity index (χ2v) is 7.66. The van der Waals surface area contributed by atoms with Gasteiger partial charge in [-0.15, -0.1) is 0 Å². The third-order valence-corrected chi connectivity index (χ3v) is 5.31. The summed E-state index contributed by atoms with van der Waals surface area (Å²) in [7, 11) is 0. The van der Waals surface area contributed by atoms with Gasteiger partial charge in [0.2, 0.25) is 0 Å². The minimum atomic E-state index is -0.185. The number of piperidine rings is 1. The van der Waals surface area contributed by atoms with Crippen molar-refractivity contribution in [2.45, 2.75) is 38.9 Å². The number of urea groups is 1. The molecule has 7 heteroatoms. The molecule has 1 aliphatic rings. The molecule has 30 heavy (non-hydrogen) atoms. The summed E-state index contributed by atoms with van der Waals surface area (Å²) in [5.41, 5.74) is 3.23. The SMILES string of the molecule is O=C(NCc1ccc(N2CCCCC2)nc1)NCc1cccc(Cn2ccnc2)c1. The van der Waals surface area contributed by atoms with Gasteiger partial charge in [-0.3, -0.25) is 0 Å². The number of carbonyl (C=O) groups excluding carboxylic acids is 1. The van der Waals surface area contributed by atoms with Crippen molar-refractivity contribution in [1.29, 1.82) is 0 Å². The first-order chi connectivity index (χ1) is 14.8. The van der Waals surface area contributed by atoms with Gasteiger partial charge in [-0.1, -0.05) is 30.3 Å². The molecule has 2 amide bonds. The lowest BCUT2D eigenvalue weighted by Gasteiger charge is -2.27. The quantitative estimate of drug-likeness (QED) is 0.634. The summed E-state index contributed by atoms with van der Waals surface area (Å²) in [6, 6.07) is 12.1. The normalized spacial score (nSPS) is 13.8. The number of nitrogens with one attached hydrogen (secondary N) is 2. The van der Waals surface area contributed by atoms with Crippen LogP contribution in [0.3, 0.4) is 0 Å². The molecule has 0 atom stereocenters. The van der Waals surface area contributed by atoms with Crippen LogP contribution >= 0.6 is 0 Å². The van der Waals surface area contributed by atoms with Crippen LogP contribution in [0.2, 0.25) is 0 Å². The van der Waals surface area contributed by atoms with Crippen molar-refractivity contribution >= 4 is 11.8 Å². The number of hydrogen-bond acceptors (Lipinski definition) is 4. The van der Waals surface area contributed by atoms with Crippen molar-refractivity contribution in [3.05, 3.63) is 78.0 Å². The second kappa shape index (κ2) is 9.91. The number of pyridine rings is 1. The van der Waals surface area contributed by atoms with E-state index in [0.717, 1.165) is 36.6 Å². The number of nitrogens with zero attached hydrogens (tertiary/aromatic N) is 4. The number of aromatic nitrogens is 3. The largest absolute Gasteiger partial charge is 0.357 e. The third kappa shape index (κ3) is 5.59. The maximum atomic E-state index is 12.2. The maximum absolute atomic E-state index is 12.2. The monoisotopic (exact) mass is 404 g/mol. The summed E-state index contributed by atoms with van der Waals surface area (Å²) < 4.78 is 2.02. The minimum absolute atomic E-state index is 0.185. The van der Waals surface area contributed by atoms with Crippen LogP contribution in [0.5, 0.6) is 0 Å². The summed E-state index contributed by atoms with van der Waals surface area (Å²) in [4.78, 5) is 23.1. The Hall–Kier alpha value is -3.35. The van der Waals surface area contributed by atoms with E-state index in [9.17, 15) is 4.79 Å². The van der Waals surface area contributed by atoms with Crippen LogP contribution in [0, 0.1) is 0 Å². The fraction of sp³-hybridized carbons (Fsp3) is 0.348. The van der Waals surface area contributed by atoms with Crippen LogP contribution in [0.15, 0.2) is 61.3 Å². The standard InChI is InChI=1S/C23H28N6O/c30-23(26-14-19-5-4-6-20(13-19)17-28-12-9-24-18-28)27-16-21-7-8-22(25-15-21)29-10-2-1-3-11-29/h4-9,12-13,15,18H,1-3,10-11,14,16-17H2,(H2,26,27,30). The lowest BCUT2D eigenvalue weighted by atomic mass is 10.1. The van der Waals surface area contributed by atoms with E-state index in [0.29, 0.717) is 13.1 Å². The first-order valence-electron chi connectivity index (χ1n) is 10.5. The zero-order valence-electron chi connectivity index (χ0n) is 17.1. The van der Waals surface area contributed by atoms with Crippen LogP contribution < -0.4 is 15.5 Å². The molecule has 0 spiro atoms. The Morgan fingerprint density at radius 2 is 1.77 bits per heavy atom. The molecule has 2 N–H and O–H groups in total. The first-order valence-corrected chi connectivity index (χ1v) is 10.5. The molecule has 0 unspecified atom stereocenters. The number of imidazole rings is 1. The molecule has 7 nitrogen and oxygen atoms in total. The Morgan fingerprint density at radius 1 is 0.967 bits per heavy atom. The van der Waals surface area contributed by atoms with Crippen LogP contribution in [0.4, 0.5) is 10.6 Å². The highest BCUT2D eigenvalue weighted by Crippen LogP contribution is 2.17. The maximum Gasteiger partial charge on any atom is 0.315 e. The Bertz CT molecular complexity index is 933. The average molecular weight is 405 g/mol. The van der Waals surface area contributed by atoms with Gasteiger partial charge in [0.1, 0.15) is 5.82 Å². The number of carbonyl (C=O) groups is 1. The predicted molar refractivity (Wildman–Crippen MR) is 117 cm³/mol. The topological polar surface area (TPSA) is 75.1 Å². The highest BCUT2D eigenvalue weighted by molar-refractivity contribution is 5.73. The molecule has 2 aromatic heterocycles. The number of amides is 2. The number of anilines is 1. The Morgan fingerprint density at radius 3 is 2.50 bits per heavy atom. The highest BCUT2D eigenvalue weighted by atomic mass is 16.2. The molecule has 1 aromatic carbocycles. The molecule has 0 aliphatic carbocycles. The molecule has 0 bridgehead atoms. The van der Waals surface area contributed by atoms with E-state index in [1.165, 1.54) is 24.8 Å². The Balaban J connectivity index is 1.22. The summed E-state index contributed by atoms with van der Waals surface area (Å²) in [6.07, 6.45) is 11.1. The Labute approximate surface area is 177 Å². The van der Waals surface area contributed by atoms with Gasteiger partial charge >= 0.3 is 6.03 Å². The molecule has 3 heterocycles. The van der Waals surface area contributed by atoms with Crippen LogP contribution in [-0.2, 0) is 19.6 Å². The lowest BCUT2D eigenvalue weighted by Crippen LogP contribution is -2.34. The van der Waals surface area contributed by atoms with Gasteiger partial charge < -0.3 is 20.1 Å². The fourth-order valence-electron chi connectivity index (χ4n) is 3.69. The van der Waals surface area contributed by atoms with Crippen molar-refractivity contribution in [1.82, 2.24) is 25.2 Å². The van der Waals surface area contributed by atoms with Crippen molar-refractivity contribution in [3.63, 3.8) is 0 Å². The number of hydrogen-bond donors (Lipinski definition) is 2. The van der Waals surface area contributed by atoms with Gasteiger partial charge in [-0.05, 0) is 42.0 Å². The van der Waals surface area contributed by atoms with Crippen molar-refractivity contribution in [2.75, 3.05) is 18.0 Å². The zero-order chi connectivity index (χ0) is 20.6. The second-order valence-electron chi connectivity index (χ2n) is 7.66. The van der Waals surface area contributed by atoms with E-state index < -0.39 is 0 Å². The molecule has 0 saturated carbocycles. The van der Waals surface area contributed by atoms with E-state index in [1.807, 2.05) is 41.2 Å². The molecule has 156 valence electrons. The first kappa shape index (κ1) is 19.9. The smallest absolute Gasteiger partial charge is 0.315 e. The highest BCUT2D eigenvalue weighted by Gasteiger charge is 2.11. The van der Waals surface area contributed by atoms with E-state index in [-0.39, 0.29) is 6.03 Å². The molecule has 1 fully saturated rings. The van der Waals surface area contributed by atoms with E-state index >= 15 is 0 Å². The van der Waals surface area contributed by atoms with Gasteiger partial charge in [0.15, 0.2) is 0 Å². The molecular formula is C23H28N6O. The number of benzene rings is 1. The minimum Gasteiger partial charge on any atom is -0.357 e. The molecule has 3 aromatic rings. The van der Waals surface area contributed by atoms with E-state index in [1.54, 1.807) is 12.5 Å². The van der Waals surface area contributed by atoms with Gasteiger partial charge in [0.25, 0.3) is 0 Å². The Kier molecular flexibility index (Phi) is 6.59. The van der Waals surface area contributed by atoms with Gasteiger partial charge in [-0.25, -0.2) is 14.8 Å². The van der Waals surface area contributed by atoms with Crippen molar-refractivity contribution < 1.29 is 4.79 Å². The van der Waals surface area contributed by atoms with Crippen LogP contribution in [0.1, 0.15) is 36.0 Å². The van der Waals surface area contributed by atoms with Gasteiger partial charge in [0.05, 0.1) is 6.33 Å². The van der Waals surface area contributed by atoms with Crippen molar-refractivity contribution in [2.24, 2.45) is 0 Å². The predicted octanol–water partition coefficient (Wildman–Crippen LogP) is 3.32. The van der Waals surface area contributed by atoms with Crippen LogP contribution in [0.25, 0.3) is 0 Å². The van der Waals surface area contributed by atoms with Crippen LogP contribution in [-0.4, -0.2) is 33.7 Å². The molecule has 1 aliphatic heterocycles. The summed E-state index contributed by atoms with van der Waals surface area (Å²) in [5.74, 6) is 1.03. The fourth-order valence-corrected chi connectivity index (χ4v) is 3.69. The summed E-state index contributed by atoms with van der Waals surface area (Å²) in [6.45, 7) is 3.86. The lowest BCUT2D eigenvalue weighted by molar-refractivity contribution is 0.240. The average Bonchev–Trinajstić information content (AvgIpc) is 3.30.